The minimum Gasteiger partial charge on any atom is -0.352 e. The zero-order valence-electron chi connectivity index (χ0n) is 15.0. The summed E-state index contributed by atoms with van der Waals surface area (Å²) < 4.78 is 27.8. The quantitative estimate of drug-likeness (QED) is 0.731. The monoisotopic (exact) mass is 426 g/mol. The van der Waals surface area contributed by atoms with Crippen molar-refractivity contribution in [3.8, 4) is 0 Å². The standard InChI is InChI=1S/C19H23ClN2O3S2/c20-18-9-7-16(26-18)8-10-19(23)21-14-15-5-4-6-17(13-15)27(24,25)22-11-2-1-3-12-22/h4-7,9,13H,1-3,8,10-12,14H2,(H,21,23). The lowest BCUT2D eigenvalue weighted by atomic mass is 10.2. The molecular formula is C19H23ClN2O3S2. The summed E-state index contributed by atoms with van der Waals surface area (Å²) in [6, 6.07) is 10.6. The third-order valence-corrected chi connectivity index (χ3v) is 7.75. The van der Waals surface area contributed by atoms with Gasteiger partial charge in [0.05, 0.1) is 9.23 Å². The van der Waals surface area contributed by atoms with E-state index in [0.717, 1.165) is 34.0 Å². The molecule has 1 aromatic heterocycles. The van der Waals surface area contributed by atoms with Crippen LogP contribution in [0.4, 0.5) is 0 Å². The van der Waals surface area contributed by atoms with Crippen molar-refractivity contribution < 1.29 is 13.2 Å². The minimum atomic E-state index is -3.46. The number of amides is 1. The Morgan fingerprint density at radius 1 is 1.15 bits per heavy atom. The van der Waals surface area contributed by atoms with Crippen molar-refractivity contribution >= 4 is 38.9 Å². The van der Waals surface area contributed by atoms with E-state index in [4.69, 9.17) is 11.6 Å². The molecule has 2 aromatic rings. The van der Waals surface area contributed by atoms with Crippen molar-refractivity contribution in [1.29, 1.82) is 0 Å². The Bertz CT molecular complexity index is 890. The molecular weight excluding hydrogens is 404 g/mol. The Kier molecular flexibility index (Phi) is 6.92. The number of nitrogens with one attached hydrogen (secondary N) is 1. The van der Waals surface area contributed by atoms with Gasteiger partial charge in [-0.15, -0.1) is 11.3 Å². The van der Waals surface area contributed by atoms with Gasteiger partial charge in [0.1, 0.15) is 0 Å². The number of halogens is 1. The number of piperidine rings is 1. The SMILES string of the molecule is O=C(CCc1ccc(Cl)s1)NCc1cccc(S(=O)(=O)N2CCCCC2)c1. The number of nitrogens with zero attached hydrogens (tertiary/aromatic N) is 1. The molecule has 1 N–H and O–H groups in total. The molecule has 2 heterocycles. The van der Waals surface area contributed by atoms with Crippen molar-refractivity contribution in [2.24, 2.45) is 0 Å². The molecule has 0 unspecified atom stereocenters. The summed E-state index contributed by atoms with van der Waals surface area (Å²) in [5, 5.41) is 2.86. The molecule has 8 heteroatoms. The van der Waals surface area contributed by atoms with Gasteiger partial charge in [-0.25, -0.2) is 8.42 Å². The highest BCUT2D eigenvalue weighted by molar-refractivity contribution is 7.89. The number of rotatable bonds is 7. The van der Waals surface area contributed by atoms with Crippen LogP contribution < -0.4 is 5.32 Å². The first kappa shape index (κ1) is 20.3. The van der Waals surface area contributed by atoms with E-state index < -0.39 is 10.0 Å². The first-order valence-electron chi connectivity index (χ1n) is 9.05. The molecule has 0 spiro atoms. The fraction of sp³-hybridized carbons (Fsp3) is 0.421. The average molecular weight is 427 g/mol. The van der Waals surface area contributed by atoms with Crippen molar-refractivity contribution in [2.75, 3.05) is 13.1 Å². The molecule has 0 atom stereocenters. The van der Waals surface area contributed by atoms with Gasteiger partial charge >= 0.3 is 0 Å². The molecule has 1 amide bonds. The third-order valence-electron chi connectivity index (χ3n) is 4.57. The number of benzene rings is 1. The zero-order valence-corrected chi connectivity index (χ0v) is 17.4. The van der Waals surface area contributed by atoms with E-state index in [1.807, 2.05) is 18.2 Å². The second kappa shape index (κ2) is 9.19. The van der Waals surface area contributed by atoms with Gasteiger partial charge in [0.15, 0.2) is 0 Å². The van der Waals surface area contributed by atoms with Crippen LogP contribution in [0.3, 0.4) is 0 Å². The first-order valence-corrected chi connectivity index (χ1v) is 11.7. The number of carbonyl (C=O) groups is 1. The lowest BCUT2D eigenvalue weighted by Crippen LogP contribution is -2.35. The number of carbonyl (C=O) groups excluding carboxylic acids is 1. The summed E-state index contributed by atoms with van der Waals surface area (Å²) in [5.74, 6) is -0.0659. The molecule has 0 radical (unpaired) electrons. The van der Waals surface area contributed by atoms with Crippen molar-refractivity contribution in [2.45, 2.75) is 43.5 Å². The molecule has 1 aliphatic heterocycles. The molecule has 3 rings (SSSR count). The van der Waals surface area contributed by atoms with Crippen LogP contribution in [0.2, 0.25) is 4.34 Å². The van der Waals surface area contributed by atoms with Gasteiger partial charge in [0, 0.05) is 30.9 Å². The Hall–Kier alpha value is -1.41. The molecule has 146 valence electrons. The van der Waals surface area contributed by atoms with Crippen LogP contribution in [0, 0.1) is 0 Å². The maximum Gasteiger partial charge on any atom is 0.243 e. The summed E-state index contributed by atoms with van der Waals surface area (Å²) in [5.41, 5.74) is 0.778. The predicted octanol–water partition coefficient (Wildman–Crippen LogP) is 3.83. The largest absolute Gasteiger partial charge is 0.352 e. The number of sulfonamides is 1. The maximum atomic E-state index is 12.8. The predicted molar refractivity (Wildman–Crippen MR) is 109 cm³/mol. The average Bonchev–Trinajstić information content (AvgIpc) is 3.11. The number of hydrogen-bond acceptors (Lipinski definition) is 4. The summed E-state index contributed by atoms with van der Waals surface area (Å²) in [7, 11) is -3.46. The van der Waals surface area contributed by atoms with Crippen molar-refractivity contribution in [3.63, 3.8) is 0 Å². The summed E-state index contributed by atoms with van der Waals surface area (Å²) in [4.78, 5) is 13.4. The molecule has 5 nitrogen and oxygen atoms in total. The molecule has 0 saturated carbocycles. The maximum absolute atomic E-state index is 12.8. The number of aryl methyl sites for hydroxylation is 1. The fourth-order valence-corrected chi connectivity index (χ4v) is 5.76. The lowest BCUT2D eigenvalue weighted by molar-refractivity contribution is -0.121. The minimum absolute atomic E-state index is 0.0659. The zero-order chi connectivity index (χ0) is 19.3. The highest BCUT2D eigenvalue weighted by Crippen LogP contribution is 2.23. The van der Waals surface area contributed by atoms with E-state index in [-0.39, 0.29) is 5.91 Å². The fourth-order valence-electron chi connectivity index (χ4n) is 3.08. The van der Waals surface area contributed by atoms with E-state index in [2.05, 4.69) is 5.32 Å². The molecule has 1 fully saturated rings. The van der Waals surface area contributed by atoms with E-state index in [9.17, 15) is 13.2 Å². The normalized spacial score (nSPS) is 15.6. The topological polar surface area (TPSA) is 66.5 Å². The molecule has 27 heavy (non-hydrogen) atoms. The number of hydrogen-bond donors (Lipinski definition) is 1. The molecule has 1 saturated heterocycles. The van der Waals surface area contributed by atoms with Gasteiger partial charge in [0.25, 0.3) is 0 Å². The Morgan fingerprint density at radius 3 is 2.63 bits per heavy atom. The smallest absolute Gasteiger partial charge is 0.243 e. The lowest BCUT2D eigenvalue weighted by Gasteiger charge is -2.26. The Morgan fingerprint density at radius 2 is 1.93 bits per heavy atom. The molecule has 1 aliphatic rings. The van der Waals surface area contributed by atoms with Gasteiger partial charge in [0.2, 0.25) is 15.9 Å². The molecule has 0 bridgehead atoms. The molecule has 1 aromatic carbocycles. The van der Waals surface area contributed by atoms with Crippen LogP contribution in [0.5, 0.6) is 0 Å². The summed E-state index contributed by atoms with van der Waals surface area (Å²) in [6.45, 7) is 1.47. The highest BCUT2D eigenvalue weighted by atomic mass is 35.5. The van der Waals surface area contributed by atoms with Gasteiger partial charge in [-0.05, 0) is 49.1 Å². The van der Waals surface area contributed by atoms with E-state index in [0.29, 0.717) is 37.4 Å². The van der Waals surface area contributed by atoms with Gasteiger partial charge in [-0.2, -0.15) is 4.31 Å². The van der Waals surface area contributed by atoms with Crippen molar-refractivity contribution in [1.82, 2.24) is 9.62 Å². The van der Waals surface area contributed by atoms with Crippen LogP contribution in [-0.4, -0.2) is 31.7 Å². The van der Waals surface area contributed by atoms with Crippen LogP contribution in [0.1, 0.15) is 36.1 Å². The van der Waals surface area contributed by atoms with Gasteiger partial charge in [-0.3, -0.25) is 4.79 Å². The Labute approximate surface area is 169 Å². The Balaban J connectivity index is 1.56. The summed E-state index contributed by atoms with van der Waals surface area (Å²) >= 11 is 7.37. The van der Waals surface area contributed by atoms with E-state index in [1.165, 1.54) is 11.3 Å². The second-order valence-electron chi connectivity index (χ2n) is 6.59. The number of thiophene rings is 1. The van der Waals surface area contributed by atoms with Crippen LogP contribution in [0.15, 0.2) is 41.3 Å². The summed E-state index contributed by atoms with van der Waals surface area (Å²) in [6.07, 6.45) is 3.92. The van der Waals surface area contributed by atoms with Gasteiger partial charge < -0.3 is 5.32 Å². The van der Waals surface area contributed by atoms with Gasteiger partial charge in [-0.1, -0.05) is 30.2 Å². The van der Waals surface area contributed by atoms with E-state index >= 15 is 0 Å². The highest BCUT2D eigenvalue weighted by Gasteiger charge is 2.25. The van der Waals surface area contributed by atoms with Crippen LogP contribution >= 0.6 is 22.9 Å². The third kappa shape index (κ3) is 5.54. The van der Waals surface area contributed by atoms with Crippen LogP contribution in [-0.2, 0) is 27.8 Å². The van der Waals surface area contributed by atoms with Crippen molar-refractivity contribution in [3.05, 3.63) is 51.2 Å². The molecule has 0 aliphatic carbocycles. The van der Waals surface area contributed by atoms with E-state index in [1.54, 1.807) is 22.5 Å². The van der Waals surface area contributed by atoms with Crippen LogP contribution in [0.25, 0.3) is 0 Å². The second-order valence-corrected chi connectivity index (χ2v) is 10.3. The first-order chi connectivity index (χ1) is 12.9.